The number of fused-ring (bicyclic) bond motifs is 2. The highest BCUT2D eigenvalue weighted by atomic mass is 32.2. The number of rotatable bonds is 8. The van der Waals surface area contributed by atoms with Crippen LogP contribution in [0.2, 0.25) is 0 Å². The van der Waals surface area contributed by atoms with Gasteiger partial charge in [-0.2, -0.15) is 16.8 Å². The molecule has 0 spiro atoms. The van der Waals surface area contributed by atoms with Gasteiger partial charge in [0, 0.05) is 32.9 Å². The summed E-state index contributed by atoms with van der Waals surface area (Å²) in [6.07, 6.45) is 0. The summed E-state index contributed by atoms with van der Waals surface area (Å²) >= 11 is 0. The molecule has 0 bridgehead atoms. The van der Waals surface area contributed by atoms with Gasteiger partial charge in [-0.15, -0.1) is 0 Å². The molecule has 0 atom stereocenters. The Morgan fingerprint density at radius 1 is 0.447 bits per heavy atom. The molecule has 0 unspecified atom stereocenters. The first-order chi connectivity index (χ1) is 22.1. The third kappa shape index (κ3) is 6.05. The molecule has 0 aliphatic heterocycles. The lowest BCUT2D eigenvalue weighted by atomic mass is 10.1. The van der Waals surface area contributed by atoms with Gasteiger partial charge in [-0.05, 0) is 60.7 Å². The largest absolute Gasteiger partial charge is 0.455 e. The minimum Gasteiger partial charge on any atom is -0.455 e. The average Bonchev–Trinajstić information content (AvgIpc) is 3.01. The number of anilines is 2. The Morgan fingerprint density at radius 2 is 0.809 bits per heavy atom. The molecule has 47 heavy (non-hydrogen) atoms. The maximum absolute atomic E-state index is 13.7. The molecular formula is C32H24N2O10S3. The van der Waals surface area contributed by atoms with Gasteiger partial charge in [-0.3, -0.25) is 9.11 Å². The quantitative estimate of drug-likeness (QED) is 0.106. The van der Waals surface area contributed by atoms with Crippen LogP contribution < -0.4 is 20.9 Å². The molecule has 0 radical (unpaired) electrons. The predicted octanol–water partition coefficient (Wildman–Crippen LogP) is 6.07. The molecule has 6 rings (SSSR count). The lowest BCUT2D eigenvalue weighted by molar-refractivity contribution is 0.450. The van der Waals surface area contributed by atoms with Gasteiger partial charge in [0.25, 0.3) is 20.2 Å². The Bertz CT molecular complexity index is 2400. The van der Waals surface area contributed by atoms with Crippen LogP contribution in [0.25, 0.3) is 21.5 Å². The molecule has 0 aliphatic carbocycles. The Kier molecular flexibility index (Phi) is 7.81. The van der Waals surface area contributed by atoms with Gasteiger partial charge in [-0.25, -0.2) is 8.42 Å². The van der Waals surface area contributed by atoms with E-state index < -0.39 is 49.7 Å². The van der Waals surface area contributed by atoms with E-state index in [0.717, 1.165) is 24.3 Å². The van der Waals surface area contributed by atoms with Crippen LogP contribution in [-0.2, 0) is 30.1 Å². The Hall–Kier alpha value is -5.19. The third-order valence-corrected chi connectivity index (χ3v) is 10.8. The fraction of sp³-hybridized carbons (Fsp3) is 0. The van der Waals surface area contributed by atoms with Crippen LogP contribution in [0.5, 0.6) is 23.0 Å². The van der Waals surface area contributed by atoms with E-state index in [0.29, 0.717) is 45.1 Å². The van der Waals surface area contributed by atoms with E-state index in [-0.39, 0.29) is 23.0 Å². The number of nitrogens with two attached hydrogens (primary N) is 2. The van der Waals surface area contributed by atoms with Gasteiger partial charge in [0.05, 0.1) is 9.79 Å². The van der Waals surface area contributed by atoms with Crippen molar-refractivity contribution in [3.8, 4) is 23.0 Å². The van der Waals surface area contributed by atoms with Gasteiger partial charge < -0.3 is 20.9 Å². The Morgan fingerprint density at radius 3 is 1.19 bits per heavy atom. The van der Waals surface area contributed by atoms with Crippen LogP contribution in [0.3, 0.4) is 0 Å². The van der Waals surface area contributed by atoms with E-state index in [1.54, 1.807) is 60.7 Å². The second-order valence-corrected chi connectivity index (χ2v) is 15.0. The van der Waals surface area contributed by atoms with Crippen LogP contribution in [-0.4, -0.2) is 34.4 Å². The molecule has 6 N–H and O–H groups in total. The standard InChI is InChI=1S/C32H24N2O10S3/c33-25-9-1-7-23-21(25)5-3-11-27(23)43-29-15-13-19(17-31(29)46(37,38)39)45(35,36)20-14-16-30(32(18-20)47(40,41)42)44-28-12-4-6-22-24(28)8-2-10-26(22)34/h1-18H,33-34H2,(H,37,38,39)(H,40,41,42). The van der Waals surface area contributed by atoms with Crippen LogP contribution in [0.4, 0.5) is 11.4 Å². The predicted molar refractivity (Wildman–Crippen MR) is 175 cm³/mol. The number of sulfone groups is 1. The zero-order valence-electron chi connectivity index (χ0n) is 23.9. The van der Waals surface area contributed by atoms with Crippen molar-refractivity contribution in [3.63, 3.8) is 0 Å². The highest BCUT2D eigenvalue weighted by Crippen LogP contribution is 2.39. The lowest BCUT2D eigenvalue weighted by Gasteiger charge is -2.15. The smallest absolute Gasteiger partial charge is 0.298 e. The van der Waals surface area contributed by atoms with Gasteiger partial charge in [0.15, 0.2) is 0 Å². The van der Waals surface area contributed by atoms with Gasteiger partial charge in [0.1, 0.15) is 32.8 Å². The average molecular weight is 693 g/mol. The Balaban J connectivity index is 1.42. The van der Waals surface area contributed by atoms with Gasteiger partial charge in [-0.1, -0.05) is 48.5 Å². The van der Waals surface area contributed by atoms with E-state index >= 15 is 0 Å². The summed E-state index contributed by atoms with van der Waals surface area (Å²) in [4.78, 5) is -2.99. The van der Waals surface area contributed by atoms with Crippen LogP contribution in [0.1, 0.15) is 0 Å². The molecule has 0 aromatic heterocycles. The third-order valence-electron chi connectivity index (χ3n) is 7.28. The van der Waals surface area contributed by atoms with E-state index in [4.69, 9.17) is 20.9 Å². The summed E-state index contributed by atoms with van der Waals surface area (Å²) in [5, 5.41) is 2.28. The van der Waals surface area contributed by atoms with Crippen molar-refractivity contribution in [1.82, 2.24) is 0 Å². The molecule has 0 fully saturated rings. The molecule has 0 heterocycles. The summed E-state index contributed by atoms with van der Waals surface area (Å²) in [5.41, 5.74) is 12.9. The summed E-state index contributed by atoms with van der Waals surface area (Å²) in [7, 11) is -14.8. The molecule has 0 saturated heterocycles. The summed E-state index contributed by atoms with van der Waals surface area (Å²) in [6, 6.07) is 25.3. The fourth-order valence-corrected chi connectivity index (χ4v) is 7.79. The van der Waals surface area contributed by atoms with E-state index in [1.165, 1.54) is 12.1 Å². The van der Waals surface area contributed by atoms with Crippen molar-refractivity contribution in [3.05, 3.63) is 109 Å². The number of hydrogen-bond donors (Lipinski definition) is 4. The Labute approximate surface area is 269 Å². The molecule has 6 aromatic carbocycles. The maximum Gasteiger partial charge on any atom is 0.298 e. The highest BCUT2D eigenvalue weighted by Gasteiger charge is 2.28. The normalized spacial score (nSPS) is 12.3. The van der Waals surface area contributed by atoms with Crippen molar-refractivity contribution < 1.29 is 43.8 Å². The van der Waals surface area contributed by atoms with Crippen molar-refractivity contribution in [2.24, 2.45) is 0 Å². The molecular weight excluding hydrogens is 669 g/mol. The number of ether oxygens (including phenoxy) is 2. The SMILES string of the molecule is Nc1cccc2c(Oc3ccc(S(=O)(=O)c4ccc(Oc5cccc6c(N)cccc56)c(S(=O)(=O)O)c4)cc3S(=O)(=O)O)cccc12. The van der Waals surface area contributed by atoms with Crippen LogP contribution in [0, 0.1) is 0 Å². The number of benzene rings is 6. The maximum atomic E-state index is 13.7. The molecule has 15 heteroatoms. The fourth-order valence-electron chi connectivity index (χ4n) is 5.04. The van der Waals surface area contributed by atoms with Gasteiger partial charge >= 0.3 is 0 Å². The van der Waals surface area contributed by atoms with Crippen molar-refractivity contribution in [2.75, 3.05) is 11.5 Å². The molecule has 6 aromatic rings. The molecule has 12 nitrogen and oxygen atoms in total. The number of nitrogen functional groups attached to an aromatic ring is 2. The number of hydrogen-bond acceptors (Lipinski definition) is 10. The van der Waals surface area contributed by atoms with E-state index in [9.17, 15) is 34.4 Å². The molecule has 240 valence electrons. The summed E-state index contributed by atoms with van der Waals surface area (Å²) < 4.78 is 109. The van der Waals surface area contributed by atoms with E-state index in [1.807, 2.05) is 0 Å². The van der Waals surface area contributed by atoms with Crippen LogP contribution >= 0.6 is 0 Å². The zero-order chi connectivity index (χ0) is 33.7. The second kappa shape index (κ2) is 11.6. The van der Waals surface area contributed by atoms with Crippen molar-refractivity contribution in [1.29, 1.82) is 0 Å². The second-order valence-electron chi connectivity index (χ2n) is 10.3. The first-order valence-electron chi connectivity index (χ1n) is 13.5. The zero-order valence-corrected chi connectivity index (χ0v) is 26.4. The molecule has 0 amide bonds. The van der Waals surface area contributed by atoms with Crippen molar-refractivity contribution in [2.45, 2.75) is 19.6 Å². The minimum absolute atomic E-state index is 0.178. The first-order valence-corrected chi connectivity index (χ1v) is 17.9. The molecule has 0 aliphatic rings. The van der Waals surface area contributed by atoms with Gasteiger partial charge in [0.2, 0.25) is 9.84 Å². The lowest BCUT2D eigenvalue weighted by Crippen LogP contribution is -2.08. The monoisotopic (exact) mass is 692 g/mol. The summed E-state index contributed by atoms with van der Waals surface area (Å²) in [5.74, 6) is -0.422. The highest BCUT2D eigenvalue weighted by molar-refractivity contribution is 7.91. The first kappa shape index (κ1) is 31.8. The van der Waals surface area contributed by atoms with E-state index in [2.05, 4.69) is 0 Å². The molecule has 0 saturated carbocycles. The summed E-state index contributed by atoms with van der Waals surface area (Å²) in [6.45, 7) is 0. The minimum atomic E-state index is -5.05. The van der Waals surface area contributed by atoms with Crippen LogP contribution in [0.15, 0.2) is 129 Å². The topological polar surface area (TPSA) is 213 Å². The van der Waals surface area contributed by atoms with Crippen molar-refractivity contribution >= 4 is 63.0 Å².